The Morgan fingerprint density at radius 1 is 0.914 bits per heavy atom. The van der Waals surface area contributed by atoms with Crippen LogP contribution in [-0.4, -0.2) is 39.5 Å². The van der Waals surface area contributed by atoms with Gasteiger partial charge in [-0.05, 0) is 73.0 Å². The molecule has 3 aromatic carbocycles. The lowest BCUT2D eigenvalue weighted by Crippen LogP contribution is -2.07. The third-order valence-corrected chi connectivity index (χ3v) is 7.62. The summed E-state index contributed by atoms with van der Waals surface area (Å²) in [6.07, 6.45) is 1.37. The summed E-state index contributed by atoms with van der Waals surface area (Å²) in [5.41, 5.74) is 9.97. The van der Waals surface area contributed by atoms with E-state index in [1.807, 2.05) is 13.8 Å². The van der Waals surface area contributed by atoms with E-state index in [0.29, 0.717) is 16.6 Å². The van der Waals surface area contributed by atoms with Crippen molar-refractivity contribution in [1.82, 2.24) is 14.6 Å². The van der Waals surface area contributed by atoms with Gasteiger partial charge in [0.25, 0.3) is 0 Å². The molecule has 9 nitrogen and oxygen atoms in total. The molecule has 0 radical (unpaired) electrons. The first-order valence-electron chi connectivity index (χ1n) is 10.6. The molecule has 0 atom stereocenters. The van der Waals surface area contributed by atoms with Crippen LogP contribution in [-0.2, 0) is 9.84 Å². The number of para-hydroxylation sites is 2. The second-order valence-corrected chi connectivity index (χ2v) is 10.0. The summed E-state index contributed by atoms with van der Waals surface area (Å²) in [7, 11) is -4.07. The molecule has 35 heavy (non-hydrogen) atoms. The van der Waals surface area contributed by atoms with Crippen molar-refractivity contribution in [3.05, 3.63) is 77.4 Å². The molecule has 0 aliphatic heterocycles. The Hall–Kier alpha value is -4.44. The largest absolute Gasteiger partial charge is 0.504 e. The van der Waals surface area contributed by atoms with Crippen LogP contribution >= 0.6 is 0 Å². The Balaban J connectivity index is 1.78. The fourth-order valence-corrected chi connectivity index (χ4v) is 5.32. The number of aromatic nitrogens is 3. The van der Waals surface area contributed by atoms with Crippen LogP contribution in [0.4, 0.5) is 5.82 Å². The zero-order valence-electron chi connectivity index (χ0n) is 18.8. The highest BCUT2D eigenvalue weighted by Gasteiger charge is 2.30. The Morgan fingerprint density at radius 2 is 1.63 bits per heavy atom. The van der Waals surface area contributed by atoms with E-state index < -0.39 is 9.84 Å². The number of sulfone groups is 1. The van der Waals surface area contributed by atoms with Crippen LogP contribution in [0, 0.1) is 13.8 Å². The number of nitrogens with zero attached hydrogens (tertiary/aromatic N) is 4. The normalized spacial score (nSPS) is 12.2. The highest BCUT2D eigenvalue weighted by Crippen LogP contribution is 2.35. The number of hydrogen-bond donors (Lipinski definition) is 3. The monoisotopic (exact) mass is 487 g/mol. The van der Waals surface area contributed by atoms with Gasteiger partial charge in [0, 0.05) is 0 Å². The molecular formula is C25H21N5O4S. The van der Waals surface area contributed by atoms with Crippen LogP contribution in [0.1, 0.15) is 16.7 Å². The molecular weight excluding hydrogens is 466 g/mol. The molecule has 0 unspecified atom stereocenters. The molecule has 0 saturated carbocycles. The first-order valence-corrected chi connectivity index (χ1v) is 12.1. The highest BCUT2D eigenvalue weighted by atomic mass is 32.2. The molecule has 0 amide bonds. The number of anilines is 1. The topological polar surface area (TPSA) is 144 Å². The van der Waals surface area contributed by atoms with Crippen molar-refractivity contribution < 1.29 is 18.6 Å². The molecule has 2 heterocycles. The summed E-state index contributed by atoms with van der Waals surface area (Å²) in [6, 6.07) is 16.1. The number of benzene rings is 3. The van der Waals surface area contributed by atoms with Crippen molar-refractivity contribution in [2.75, 3.05) is 5.73 Å². The van der Waals surface area contributed by atoms with Crippen molar-refractivity contribution >= 4 is 44.1 Å². The van der Waals surface area contributed by atoms with E-state index in [2.05, 4.69) is 15.1 Å². The number of aromatic hydroxyl groups is 2. The van der Waals surface area contributed by atoms with E-state index in [9.17, 15) is 18.6 Å². The van der Waals surface area contributed by atoms with Gasteiger partial charge in [-0.3, -0.25) is 0 Å². The lowest BCUT2D eigenvalue weighted by atomic mass is 10.1. The van der Waals surface area contributed by atoms with E-state index in [-0.39, 0.29) is 38.3 Å². The maximum atomic E-state index is 13.8. The predicted octanol–water partition coefficient (Wildman–Crippen LogP) is 3.91. The van der Waals surface area contributed by atoms with Crippen molar-refractivity contribution in [3.8, 4) is 11.5 Å². The van der Waals surface area contributed by atoms with E-state index in [4.69, 9.17) is 5.73 Å². The fourth-order valence-electron chi connectivity index (χ4n) is 3.75. The Kier molecular flexibility index (Phi) is 5.17. The average molecular weight is 488 g/mol. The maximum absolute atomic E-state index is 13.8. The lowest BCUT2D eigenvalue weighted by molar-refractivity contribution is 0.403. The number of nitrogen functional groups attached to an aromatic ring is 1. The van der Waals surface area contributed by atoms with Gasteiger partial charge in [0.15, 0.2) is 17.1 Å². The summed E-state index contributed by atoms with van der Waals surface area (Å²) in [5, 5.41) is 23.7. The summed E-state index contributed by atoms with van der Waals surface area (Å²) in [4.78, 5) is 9.09. The molecule has 0 saturated heterocycles. The van der Waals surface area contributed by atoms with Gasteiger partial charge < -0.3 is 15.9 Å². The molecule has 0 fully saturated rings. The van der Waals surface area contributed by atoms with Crippen molar-refractivity contribution in [1.29, 1.82) is 0 Å². The second kappa shape index (κ2) is 8.10. The number of nitrogens with two attached hydrogens (primary N) is 1. The molecule has 176 valence electrons. The van der Waals surface area contributed by atoms with Crippen LogP contribution in [0.25, 0.3) is 22.2 Å². The highest BCUT2D eigenvalue weighted by molar-refractivity contribution is 7.92. The Labute approximate surface area is 200 Å². The van der Waals surface area contributed by atoms with E-state index in [0.717, 1.165) is 11.1 Å². The molecule has 2 aromatic heterocycles. The second-order valence-electron chi connectivity index (χ2n) is 8.15. The van der Waals surface area contributed by atoms with Gasteiger partial charge in [0.1, 0.15) is 16.2 Å². The van der Waals surface area contributed by atoms with Crippen molar-refractivity contribution in [2.45, 2.75) is 23.6 Å². The number of phenolic OH excluding ortho intramolecular Hbond substituents is 2. The van der Waals surface area contributed by atoms with Crippen LogP contribution in [0.15, 0.2) is 75.6 Å². The fraction of sp³-hybridized carbons (Fsp3) is 0.0800. The standard InChI is InChI=1S/C25H21N5O4S/c1-14-7-9-17(11-15(14)2)35(33,34)23-22-25(29-19-6-4-3-5-18(19)28-22)30(24(23)26)27-13-16-8-10-20(31)21(32)12-16/h3-13,31-32H,26H2,1-2H3. The lowest BCUT2D eigenvalue weighted by Gasteiger charge is -2.07. The van der Waals surface area contributed by atoms with Gasteiger partial charge in [-0.1, -0.05) is 18.2 Å². The van der Waals surface area contributed by atoms with Gasteiger partial charge in [-0.25, -0.2) is 18.4 Å². The molecule has 4 N–H and O–H groups in total. The minimum atomic E-state index is -4.07. The van der Waals surface area contributed by atoms with Gasteiger partial charge in [0.05, 0.1) is 22.1 Å². The smallest absolute Gasteiger partial charge is 0.212 e. The minimum Gasteiger partial charge on any atom is -0.504 e. The third-order valence-electron chi connectivity index (χ3n) is 5.81. The predicted molar refractivity (Wildman–Crippen MR) is 134 cm³/mol. The number of fused-ring (bicyclic) bond motifs is 2. The molecule has 0 aliphatic carbocycles. The molecule has 0 bridgehead atoms. The zero-order valence-corrected chi connectivity index (χ0v) is 19.7. The molecule has 0 spiro atoms. The van der Waals surface area contributed by atoms with E-state index in [1.54, 1.807) is 36.4 Å². The molecule has 0 aliphatic rings. The molecule has 10 heteroatoms. The summed E-state index contributed by atoms with van der Waals surface area (Å²) >= 11 is 0. The van der Waals surface area contributed by atoms with Gasteiger partial charge in [-0.15, -0.1) is 0 Å². The van der Waals surface area contributed by atoms with E-state index >= 15 is 0 Å². The Bertz CT molecular complexity index is 1770. The summed E-state index contributed by atoms with van der Waals surface area (Å²) in [5.74, 6) is -0.733. The molecule has 5 aromatic rings. The van der Waals surface area contributed by atoms with Crippen molar-refractivity contribution in [3.63, 3.8) is 0 Å². The zero-order chi connectivity index (χ0) is 24.9. The first kappa shape index (κ1) is 22.4. The maximum Gasteiger partial charge on any atom is 0.212 e. The van der Waals surface area contributed by atoms with Crippen LogP contribution in [0.3, 0.4) is 0 Å². The van der Waals surface area contributed by atoms with Crippen LogP contribution in [0.2, 0.25) is 0 Å². The summed E-state index contributed by atoms with van der Waals surface area (Å²) < 4.78 is 28.7. The van der Waals surface area contributed by atoms with Gasteiger partial charge in [-0.2, -0.15) is 9.78 Å². The summed E-state index contributed by atoms with van der Waals surface area (Å²) in [6.45, 7) is 3.74. The quantitative estimate of drug-likeness (QED) is 0.257. The number of phenols is 2. The Morgan fingerprint density at radius 3 is 2.31 bits per heavy atom. The number of rotatable bonds is 4. The van der Waals surface area contributed by atoms with Crippen molar-refractivity contribution in [2.24, 2.45) is 5.10 Å². The average Bonchev–Trinajstić information content (AvgIpc) is 3.10. The number of hydrogen-bond acceptors (Lipinski definition) is 8. The number of aryl methyl sites for hydroxylation is 2. The first-order chi connectivity index (χ1) is 16.7. The van der Waals surface area contributed by atoms with E-state index in [1.165, 1.54) is 35.2 Å². The SMILES string of the molecule is Cc1ccc(S(=O)(=O)c2c(N)n(N=Cc3ccc(O)c(O)c3)c3nc4ccccc4nc23)cc1C. The van der Waals surface area contributed by atoms with Crippen LogP contribution in [0.5, 0.6) is 11.5 Å². The van der Waals surface area contributed by atoms with Gasteiger partial charge >= 0.3 is 0 Å². The van der Waals surface area contributed by atoms with Gasteiger partial charge in [0.2, 0.25) is 9.84 Å². The van der Waals surface area contributed by atoms with Crippen LogP contribution < -0.4 is 5.73 Å². The third kappa shape index (κ3) is 3.73. The minimum absolute atomic E-state index is 0.0914. The molecule has 5 rings (SSSR count).